The minimum atomic E-state index is -3.05. The fourth-order valence-corrected chi connectivity index (χ4v) is 5.28. The van der Waals surface area contributed by atoms with Gasteiger partial charge in [0.2, 0.25) is 0 Å². The van der Waals surface area contributed by atoms with Crippen LogP contribution >= 0.6 is 23.2 Å². The Kier molecular flexibility index (Phi) is 9.42. The van der Waals surface area contributed by atoms with Gasteiger partial charge in [0.05, 0.1) is 19.6 Å². The van der Waals surface area contributed by atoms with Gasteiger partial charge in [-0.05, 0) is 71.8 Å². The van der Waals surface area contributed by atoms with Crippen LogP contribution in [0.1, 0.15) is 48.5 Å². The summed E-state index contributed by atoms with van der Waals surface area (Å²) in [4.78, 5) is 13.6. The second-order valence-corrected chi connectivity index (χ2v) is 11.3. The predicted molar refractivity (Wildman–Crippen MR) is 158 cm³/mol. The molecular formula is C32H29Cl2F2NO6. The second-order valence-electron chi connectivity index (χ2n) is 10.5. The first-order chi connectivity index (χ1) is 20.6. The van der Waals surface area contributed by atoms with Gasteiger partial charge in [-0.1, -0.05) is 53.5 Å². The van der Waals surface area contributed by atoms with Gasteiger partial charge >= 0.3 is 12.6 Å². The molecule has 1 saturated carbocycles. The topological polar surface area (TPSA) is 80.9 Å². The summed E-state index contributed by atoms with van der Waals surface area (Å²) in [5, 5.41) is 13.9. The molecule has 11 heteroatoms. The lowest BCUT2D eigenvalue weighted by Gasteiger charge is -2.23. The van der Waals surface area contributed by atoms with Gasteiger partial charge in [-0.25, -0.2) is 0 Å². The van der Waals surface area contributed by atoms with Gasteiger partial charge < -0.3 is 24.2 Å². The van der Waals surface area contributed by atoms with E-state index >= 15 is 0 Å². The molecule has 7 nitrogen and oxygen atoms in total. The molecule has 0 saturated heterocycles. The second kappa shape index (κ2) is 13.2. The first-order valence-electron chi connectivity index (χ1n) is 13.7. The molecule has 0 N–H and O–H groups in total. The molecule has 1 fully saturated rings. The summed E-state index contributed by atoms with van der Waals surface area (Å²) < 4.78 is 48.6. The lowest BCUT2D eigenvalue weighted by Crippen LogP contribution is -2.26. The van der Waals surface area contributed by atoms with Crippen molar-refractivity contribution in [3.8, 4) is 17.2 Å². The highest BCUT2D eigenvalue weighted by atomic mass is 35.5. The molecule has 43 heavy (non-hydrogen) atoms. The lowest BCUT2D eigenvalue weighted by atomic mass is 9.97. The van der Waals surface area contributed by atoms with Gasteiger partial charge in [0.15, 0.2) is 23.9 Å². The zero-order chi connectivity index (χ0) is 30.7. The molecule has 0 amide bonds. The van der Waals surface area contributed by atoms with Gasteiger partial charge in [-0.15, -0.1) is 0 Å². The number of aromatic nitrogens is 1. The van der Waals surface area contributed by atoms with E-state index in [0.29, 0.717) is 28.4 Å². The lowest BCUT2D eigenvalue weighted by molar-refractivity contribution is -0.605. The predicted octanol–water partition coefficient (Wildman–Crippen LogP) is 7.81. The fourth-order valence-electron chi connectivity index (χ4n) is 4.68. The van der Waals surface area contributed by atoms with Crippen molar-refractivity contribution in [3.63, 3.8) is 0 Å². The van der Waals surface area contributed by atoms with Gasteiger partial charge in [0.1, 0.15) is 21.9 Å². The Balaban J connectivity index is 1.46. The molecule has 4 aromatic rings. The number of carbonyl (C=O) groups is 1. The van der Waals surface area contributed by atoms with Crippen molar-refractivity contribution < 1.29 is 37.3 Å². The highest BCUT2D eigenvalue weighted by molar-refractivity contribution is 6.35. The number of ether oxygens (including phenoxy) is 4. The number of fused-ring (bicyclic) bond motifs is 1. The Morgan fingerprint density at radius 1 is 0.977 bits per heavy atom. The van der Waals surface area contributed by atoms with Crippen LogP contribution in [0.2, 0.25) is 10.0 Å². The van der Waals surface area contributed by atoms with Crippen LogP contribution in [0.4, 0.5) is 8.78 Å². The molecule has 0 bridgehead atoms. The van der Waals surface area contributed by atoms with Crippen LogP contribution in [-0.2, 0) is 16.0 Å². The third-order valence-corrected chi connectivity index (χ3v) is 8.01. The number of esters is 1. The third kappa shape index (κ3) is 7.58. The van der Waals surface area contributed by atoms with Crippen LogP contribution in [0.5, 0.6) is 17.2 Å². The molecule has 3 aromatic carbocycles. The molecule has 0 spiro atoms. The molecule has 2 atom stereocenters. The van der Waals surface area contributed by atoms with Gasteiger partial charge in [0, 0.05) is 12.0 Å². The van der Waals surface area contributed by atoms with Crippen LogP contribution in [0.25, 0.3) is 10.8 Å². The van der Waals surface area contributed by atoms with E-state index in [2.05, 4.69) is 4.74 Å². The molecule has 0 aliphatic heterocycles. The molecular weight excluding hydrogens is 603 g/mol. The number of hydrogen-bond acceptors (Lipinski definition) is 6. The van der Waals surface area contributed by atoms with Crippen molar-refractivity contribution >= 4 is 39.9 Å². The molecule has 1 aromatic heterocycles. The number of methoxy groups -OCH3 is 1. The quantitative estimate of drug-likeness (QED) is 0.0901. The van der Waals surface area contributed by atoms with E-state index in [9.17, 15) is 18.8 Å². The summed E-state index contributed by atoms with van der Waals surface area (Å²) in [7, 11) is 1.60. The van der Waals surface area contributed by atoms with Crippen LogP contribution in [0.15, 0.2) is 67.0 Å². The summed E-state index contributed by atoms with van der Waals surface area (Å²) >= 11 is 12.7. The minimum absolute atomic E-state index is 0.00555. The highest BCUT2D eigenvalue weighted by Gasteiger charge is 2.28. The zero-order valence-corrected chi connectivity index (χ0v) is 24.9. The number of nitrogens with zero attached hydrogens (tertiary/aromatic N) is 1. The van der Waals surface area contributed by atoms with E-state index in [1.807, 2.05) is 36.4 Å². The molecule has 226 valence electrons. The Morgan fingerprint density at radius 2 is 1.65 bits per heavy atom. The van der Waals surface area contributed by atoms with Gasteiger partial charge in [-0.3, -0.25) is 4.79 Å². The van der Waals surface area contributed by atoms with Crippen LogP contribution in [0.3, 0.4) is 0 Å². The van der Waals surface area contributed by atoms with E-state index in [0.717, 1.165) is 47.3 Å². The first kappa shape index (κ1) is 30.6. The molecule has 1 heterocycles. The summed E-state index contributed by atoms with van der Waals surface area (Å²) in [6.07, 6.45) is 3.34. The molecule has 2 unspecified atom stereocenters. The van der Waals surface area contributed by atoms with Crippen molar-refractivity contribution in [2.24, 2.45) is 5.92 Å². The largest absolute Gasteiger partial charge is 0.619 e. The SMILES string of the molecule is COc1ccc2cc(C(C)C(=O)OC(Cc3c(Cl)c[n+]([O-])cc3Cl)c3ccc(OC(F)F)c(OCC4CC4)c3)ccc2c1. The molecule has 1 aliphatic carbocycles. The van der Waals surface area contributed by atoms with Crippen molar-refractivity contribution in [2.45, 2.75) is 44.8 Å². The smallest absolute Gasteiger partial charge is 0.387 e. The van der Waals surface area contributed by atoms with E-state index in [1.54, 1.807) is 14.0 Å². The number of rotatable bonds is 12. The number of pyridine rings is 1. The molecule has 5 rings (SSSR count). The van der Waals surface area contributed by atoms with E-state index in [4.69, 9.17) is 37.4 Å². The normalized spacial score (nSPS) is 14.4. The van der Waals surface area contributed by atoms with E-state index < -0.39 is 24.6 Å². The Bertz CT molecular complexity index is 1610. The highest BCUT2D eigenvalue weighted by Crippen LogP contribution is 2.38. The summed E-state index contributed by atoms with van der Waals surface area (Å²) in [6.45, 7) is -0.970. The van der Waals surface area contributed by atoms with Crippen LogP contribution in [0, 0.1) is 11.1 Å². The minimum Gasteiger partial charge on any atom is -0.619 e. The summed E-state index contributed by atoms with van der Waals surface area (Å²) in [5.41, 5.74) is 1.57. The Hall–Kier alpha value is -3.82. The maximum atomic E-state index is 13.6. The Labute approximate surface area is 257 Å². The maximum absolute atomic E-state index is 13.6. The standard InChI is InChI=1S/C32H29Cl2F2NO6/c1-18(20-5-6-22-12-24(40-2)9-7-21(22)11-20)31(38)42-29(14-25-26(33)15-37(39)16-27(25)34)23-8-10-28(43-32(35)36)30(13-23)41-17-19-3-4-19/h5-13,15-16,18-19,29,32H,3-4,14,17H2,1-2H3. The van der Waals surface area contributed by atoms with Crippen molar-refractivity contribution in [3.05, 3.63) is 98.9 Å². The summed E-state index contributed by atoms with van der Waals surface area (Å²) in [6, 6.07) is 15.7. The molecule has 0 radical (unpaired) electrons. The average Bonchev–Trinajstić information content (AvgIpc) is 3.81. The average molecular weight is 632 g/mol. The number of alkyl halides is 2. The number of carbonyl (C=O) groups excluding carboxylic acids is 1. The van der Waals surface area contributed by atoms with Crippen LogP contribution < -0.4 is 18.9 Å². The maximum Gasteiger partial charge on any atom is 0.387 e. The molecule has 1 aliphatic rings. The van der Waals surface area contributed by atoms with Crippen molar-refractivity contribution in [1.82, 2.24) is 0 Å². The number of benzene rings is 3. The third-order valence-electron chi connectivity index (χ3n) is 7.36. The van der Waals surface area contributed by atoms with Crippen LogP contribution in [-0.4, -0.2) is 26.3 Å². The zero-order valence-electron chi connectivity index (χ0n) is 23.4. The fraction of sp³-hybridized carbons (Fsp3) is 0.312. The Morgan fingerprint density at radius 3 is 2.33 bits per heavy atom. The van der Waals surface area contributed by atoms with E-state index in [1.165, 1.54) is 18.2 Å². The van der Waals surface area contributed by atoms with Gasteiger partial charge in [-0.2, -0.15) is 13.5 Å². The van der Waals surface area contributed by atoms with Crippen molar-refractivity contribution in [2.75, 3.05) is 13.7 Å². The number of hydrogen-bond donors (Lipinski definition) is 0. The van der Waals surface area contributed by atoms with E-state index in [-0.39, 0.29) is 28.0 Å². The monoisotopic (exact) mass is 631 g/mol. The summed E-state index contributed by atoms with van der Waals surface area (Å²) in [5.74, 6) is -0.150. The number of halogens is 4. The van der Waals surface area contributed by atoms with Crippen molar-refractivity contribution in [1.29, 1.82) is 0 Å². The van der Waals surface area contributed by atoms with Gasteiger partial charge in [0.25, 0.3) is 0 Å². The first-order valence-corrected chi connectivity index (χ1v) is 14.4.